The molecule has 0 fully saturated rings. The van der Waals surface area contributed by atoms with E-state index in [1.54, 1.807) is 24.3 Å². The number of halogens is 2. The number of fused-ring (bicyclic) bond motifs is 2. The fraction of sp³-hybridized carbons (Fsp3) is 0.0909. The summed E-state index contributed by atoms with van der Waals surface area (Å²) in [5.41, 5.74) is 3.92. The van der Waals surface area contributed by atoms with Crippen LogP contribution in [0.5, 0.6) is 0 Å². The average molecular weight is 466 g/mol. The van der Waals surface area contributed by atoms with Crippen molar-refractivity contribution in [2.75, 3.05) is 0 Å². The van der Waals surface area contributed by atoms with Crippen LogP contribution < -0.4 is 5.56 Å². The highest BCUT2D eigenvalue weighted by atomic mass is 79.9. The van der Waals surface area contributed by atoms with Crippen LogP contribution in [-0.4, -0.2) is 15.0 Å². The Bertz CT molecular complexity index is 1430. The molecule has 2 heterocycles. The van der Waals surface area contributed by atoms with E-state index in [0.29, 0.717) is 16.5 Å². The quantitative estimate of drug-likeness (QED) is 0.310. The van der Waals surface area contributed by atoms with Crippen molar-refractivity contribution >= 4 is 61.0 Å². The van der Waals surface area contributed by atoms with Gasteiger partial charge in [0.1, 0.15) is 11.2 Å². The molecule has 0 bridgehead atoms. The summed E-state index contributed by atoms with van der Waals surface area (Å²) < 4.78 is 0.778. The van der Waals surface area contributed by atoms with E-state index in [1.807, 2.05) is 32.0 Å². The Labute approximate surface area is 179 Å². The lowest BCUT2D eigenvalue weighted by atomic mass is 10.0. The number of hydrogen-bond acceptors (Lipinski definition) is 4. The molecule has 0 aliphatic heterocycles. The summed E-state index contributed by atoms with van der Waals surface area (Å²) in [6.45, 7) is 4.00. The summed E-state index contributed by atoms with van der Waals surface area (Å²) in [4.78, 5) is 24.1. The highest BCUT2D eigenvalue weighted by molar-refractivity contribution is 9.10. The minimum absolute atomic E-state index is 0.184. The number of H-pyrrole nitrogens is 1. The number of aryl methyl sites for hydroxylation is 2. The second-order valence-electron chi connectivity index (χ2n) is 6.77. The third kappa shape index (κ3) is 3.67. The Hall–Kier alpha value is -3.01. The maximum absolute atomic E-state index is 12.4. The average Bonchev–Trinajstić information content (AvgIpc) is 2.67. The summed E-state index contributed by atoms with van der Waals surface area (Å²) in [6.07, 6.45) is 1.59. The van der Waals surface area contributed by atoms with Gasteiger partial charge in [0.15, 0.2) is 5.82 Å². The van der Waals surface area contributed by atoms with Gasteiger partial charge in [0.05, 0.1) is 22.0 Å². The minimum atomic E-state index is -0.318. The van der Waals surface area contributed by atoms with E-state index in [0.717, 1.165) is 26.5 Å². The first-order chi connectivity index (χ1) is 13.9. The number of hydrogen-bond donors (Lipinski definition) is 1. The summed E-state index contributed by atoms with van der Waals surface area (Å²) in [5.74, 6) is 0.184. The van der Waals surface area contributed by atoms with Crippen LogP contribution in [0, 0.1) is 25.2 Å². The first-order valence-corrected chi connectivity index (χ1v) is 9.92. The topological polar surface area (TPSA) is 82.4 Å². The third-order valence-corrected chi connectivity index (χ3v) is 5.37. The van der Waals surface area contributed by atoms with Crippen molar-refractivity contribution in [1.82, 2.24) is 15.0 Å². The zero-order valence-electron chi connectivity index (χ0n) is 15.5. The summed E-state index contributed by atoms with van der Waals surface area (Å²) >= 11 is 9.73. The van der Waals surface area contributed by atoms with Gasteiger partial charge in [-0.15, -0.1) is 0 Å². The molecular weight excluding hydrogens is 452 g/mol. The first-order valence-electron chi connectivity index (χ1n) is 8.75. The third-order valence-electron chi connectivity index (χ3n) is 4.58. The molecule has 2 aromatic heterocycles. The molecule has 0 aliphatic carbocycles. The molecular formula is C22H14BrClN4O. The first kappa shape index (κ1) is 19.3. The molecule has 0 amide bonds. The lowest BCUT2D eigenvalue weighted by molar-refractivity contribution is 1.13. The highest BCUT2D eigenvalue weighted by Crippen LogP contribution is 2.27. The molecule has 5 nitrogen and oxygen atoms in total. The van der Waals surface area contributed by atoms with Crippen LogP contribution in [0.15, 0.2) is 45.7 Å². The standard InChI is InChI=1S/C22H14BrClN4O/c1-11-5-12(2)19-13(6-11)7-14(20(24)27-19)8-15(10-25)21-26-18-4-3-16(23)9-17(18)22(29)28-21/h3-9H,1-2H3,(H,26,28,29). The van der Waals surface area contributed by atoms with Crippen LogP contribution in [0.25, 0.3) is 33.5 Å². The van der Waals surface area contributed by atoms with Gasteiger partial charge in [-0.2, -0.15) is 5.26 Å². The molecule has 0 aliphatic rings. The van der Waals surface area contributed by atoms with Gasteiger partial charge in [-0.3, -0.25) is 4.79 Å². The molecule has 0 saturated heterocycles. The smallest absolute Gasteiger partial charge is 0.259 e. The van der Waals surface area contributed by atoms with Crippen LogP contribution in [0.3, 0.4) is 0 Å². The molecule has 4 rings (SSSR count). The van der Waals surface area contributed by atoms with Crippen LogP contribution in [0.1, 0.15) is 22.5 Å². The van der Waals surface area contributed by atoms with Gasteiger partial charge in [0, 0.05) is 15.4 Å². The molecule has 4 aromatic rings. The normalized spacial score (nSPS) is 11.8. The predicted octanol–water partition coefficient (Wildman–Crippen LogP) is 5.57. The highest BCUT2D eigenvalue weighted by Gasteiger charge is 2.12. The van der Waals surface area contributed by atoms with E-state index in [9.17, 15) is 10.1 Å². The molecule has 0 atom stereocenters. The predicted molar refractivity (Wildman–Crippen MR) is 120 cm³/mol. The maximum atomic E-state index is 12.4. The fourth-order valence-electron chi connectivity index (χ4n) is 3.29. The van der Waals surface area contributed by atoms with E-state index in [-0.39, 0.29) is 22.1 Å². The number of pyridine rings is 1. The van der Waals surface area contributed by atoms with E-state index >= 15 is 0 Å². The van der Waals surface area contributed by atoms with Crippen LogP contribution in [0.2, 0.25) is 5.15 Å². The second kappa shape index (κ2) is 7.43. The SMILES string of the molecule is Cc1cc(C)c2nc(Cl)c(C=C(C#N)c3nc4ccc(Br)cc4c(=O)[nH]3)cc2c1. The van der Waals surface area contributed by atoms with Crippen LogP contribution in [0.4, 0.5) is 0 Å². The molecule has 0 unspecified atom stereocenters. The zero-order valence-corrected chi connectivity index (χ0v) is 17.9. The van der Waals surface area contributed by atoms with Crippen molar-refractivity contribution < 1.29 is 0 Å². The van der Waals surface area contributed by atoms with Crippen molar-refractivity contribution in [2.24, 2.45) is 0 Å². The number of rotatable bonds is 2. The van der Waals surface area contributed by atoms with Crippen LogP contribution in [-0.2, 0) is 0 Å². The lowest BCUT2D eigenvalue weighted by Gasteiger charge is -2.07. The molecule has 7 heteroatoms. The Kier molecular flexibility index (Phi) is 4.95. The molecule has 2 aromatic carbocycles. The number of aromatic nitrogens is 3. The molecule has 142 valence electrons. The Morgan fingerprint density at radius 1 is 1.21 bits per heavy atom. The van der Waals surface area contributed by atoms with Crippen molar-refractivity contribution in [1.29, 1.82) is 5.26 Å². The lowest BCUT2D eigenvalue weighted by Crippen LogP contribution is -2.11. The number of allylic oxidation sites excluding steroid dienone is 1. The summed E-state index contributed by atoms with van der Waals surface area (Å²) in [7, 11) is 0. The van der Waals surface area contributed by atoms with Crippen molar-refractivity contribution in [3.63, 3.8) is 0 Å². The number of nitriles is 1. The Morgan fingerprint density at radius 2 is 2.00 bits per heavy atom. The number of nitrogens with one attached hydrogen (secondary N) is 1. The van der Waals surface area contributed by atoms with E-state index in [2.05, 4.69) is 37.0 Å². The van der Waals surface area contributed by atoms with Crippen molar-refractivity contribution in [2.45, 2.75) is 13.8 Å². The van der Waals surface area contributed by atoms with Crippen LogP contribution >= 0.6 is 27.5 Å². The van der Waals surface area contributed by atoms with Gasteiger partial charge in [-0.25, -0.2) is 9.97 Å². The van der Waals surface area contributed by atoms with Gasteiger partial charge in [0.25, 0.3) is 5.56 Å². The minimum Gasteiger partial charge on any atom is -0.305 e. The zero-order chi connectivity index (χ0) is 20.7. The Balaban J connectivity index is 1.90. The monoisotopic (exact) mass is 464 g/mol. The van der Waals surface area contributed by atoms with Crippen molar-refractivity contribution in [3.8, 4) is 6.07 Å². The van der Waals surface area contributed by atoms with E-state index in [4.69, 9.17) is 11.6 Å². The maximum Gasteiger partial charge on any atom is 0.259 e. The van der Waals surface area contributed by atoms with Gasteiger partial charge < -0.3 is 4.98 Å². The second-order valence-corrected chi connectivity index (χ2v) is 8.04. The number of aromatic amines is 1. The number of benzene rings is 2. The van der Waals surface area contributed by atoms with Gasteiger partial charge in [0.2, 0.25) is 0 Å². The largest absolute Gasteiger partial charge is 0.305 e. The number of nitrogens with zero attached hydrogens (tertiary/aromatic N) is 3. The van der Waals surface area contributed by atoms with Gasteiger partial charge in [-0.1, -0.05) is 39.2 Å². The summed E-state index contributed by atoms with van der Waals surface area (Å²) in [6, 6.07) is 13.3. The summed E-state index contributed by atoms with van der Waals surface area (Å²) in [5, 5.41) is 11.3. The molecule has 0 saturated carbocycles. The molecule has 1 N–H and O–H groups in total. The molecule has 29 heavy (non-hydrogen) atoms. The van der Waals surface area contributed by atoms with Gasteiger partial charge >= 0.3 is 0 Å². The van der Waals surface area contributed by atoms with E-state index < -0.39 is 0 Å². The van der Waals surface area contributed by atoms with Crippen molar-refractivity contribution in [3.05, 3.63) is 78.9 Å². The van der Waals surface area contributed by atoms with Gasteiger partial charge in [-0.05, 0) is 55.8 Å². The Morgan fingerprint density at radius 3 is 2.76 bits per heavy atom. The fourth-order valence-corrected chi connectivity index (χ4v) is 3.85. The molecule has 0 spiro atoms. The van der Waals surface area contributed by atoms with E-state index in [1.165, 1.54) is 0 Å². The molecule has 0 radical (unpaired) electrons.